The van der Waals surface area contributed by atoms with Crippen LogP contribution in [-0.2, 0) is 75.3 Å². The fraction of sp³-hybridized carbons (Fsp3) is 0.905. The van der Waals surface area contributed by atoms with Crippen molar-refractivity contribution in [2.75, 3.05) is 40.2 Å². The molecule has 99 heavy (non-hydrogen) atoms. The molecule has 2 aliphatic rings. The van der Waals surface area contributed by atoms with Gasteiger partial charge < -0.3 is 68.7 Å². The minimum absolute atomic E-state index is 0.104. The highest BCUT2D eigenvalue weighted by Gasteiger charge is 2.53. The fourth-order valence-corrected chi connectivity index (χ4v) is 13.8. The zero-order chi connectivity index (χ0) is 72.9. The molecular formula is C74H138N2O21P2. The Hall–Kier alpha value is -2.57. The molecule has 0 spiro atoms. The Balaban J connectivity index is 2.63. The first-order chi connectivity index (χ1) is 47.6. The summed E-state index contributed by atoms with van der Waals surface area (Å²) in [5.74, 6) is -2.66. The SMILES string of the molecule is CCCCCC/C=C\CCCC(=O)O[C@H](CCCCCCC)CCOC1C(NC(=O)CC(=O)CCCCCCCCCCC)C(OCC2OC(OP(C)(=O)O)C(NC(=O)CC(=O)CCCCCCCCCCC)C(OCC[C@H](O)CCCCCCC)C2O)OC(COC)C1OP(=O)(O)O. The zero-order valence-corrected chi connectivity index (χ0v) is 64.0. The van der Waals surface area contributed by atoms with E-state index < -0.39 is 120 Å². The van der Waals surface area contributed by atoms with Crippen molar-refractivity contribution in [3.63, 3.8) is 0 Å². The average Bonchev–Trinajstić information content (AvgIpc) is 0.789. The second-order valence-electron chi connectivity index (χ2n) is 27.7. The van der Waals surface area contributed by atoms with Gasteiger partial charge >= 0.3 is 21.4 Å². The summed E-state index contributed by atoms with van der Waals surface area (Å²) in [6.45, 7) is 10.2. The summed E-state index contributed by atoms with van der Waals surface area (Å²) in [7, 11) is -8.60. The molecular weight excluding hydrogens is 1310 g/mol. The number of carbonyl (C=O) groups excluding carboxylic acids is 5. The highest BCUT2D eigenvalue weighted by molar-refractivity contribution is 7.51. The van der Waals surface area contributed by atoms with Gasteiger partial charge in [-0.05, 0) is 64.2 Å². The van der Waals surface area contributed by atoms with Crippen LogP contribution in [0.2, 0.25) is 0 Å². The van der Waals surface area contributed by atoms with Crippen LogP contribution in [0.25, 0.3) is 0 Å². The van der Waals surface area contributed by atoms with Gasteiger partial charge in [0.15, 0.2) is 12.6 Å². The predicted octanol–water partition coefficient (Wildman–Crippen LogP) is 14.7. The van der Waals surface area contributed by atoms with Crippen molar-refractivity contribution in [1.82, 2.24) is 10.6 Å². The van der Waals surface area contributed by atoms with Crippen LogP contribution >= 0.6 is 15.4 Å². The number of carbonyl (C=O) groups is 5. The van der Waals surface area contributed by atoms with Crippen molar-refractivity contribution in [2.24, 2.45) is 0 Å². The topological polar surface area (TPSA) is 328 Å². The van der Waals surface area contributed by atoms with Crippen LogP contribution in [0.5, 0.6) is 0 Å². The van der Waals surface area contributed by atoms with Gasteiger partial charge in [0, 0.05) is 46.1 Å². The zero-order valence-electron chi connectivity index (χ0n) is 62.2. The number of esters is 1. The second kappa shape index (κ2) is 57.7. The summed E-state index contributed by atoms with van der Waals surface area (Å²) in [6.07, 6.45) is 25.3. The lowest BCUT2D eigenvalue weighted by Gasteiger charge is -2.47. The molecule has 2 saturated heterocycles. The van der Waals surface area contributed by atoms with Crippen molar-refractivity contribution >= 4 is 44.8 Å². The molecule has 2 fully saturated rings. The lowest BCUT2D eigenvalue weighted by molar-refractivity contribution is -0.300. The number of ether oxygens (including phenoxy) is 7. The van der Waals surface area contributed by atoms with Crippen LogP contribution in [0.4, 0.5) is 0 Å². The third-order valence-corrected chi connectivity index (χ3v) is 19.5. The molecule has 0 aliphatic carbocycles. The summed E-state index contributed by atoms with van der Waals surface area (Å²) in [5.41, 5.74) is 0. The average molecular weight is 1450 g/mol. The molecule has 25 heteroatoms. The molecule has 2 rings (SSSR count). The van der Waals surface area contributed by atoms with E-state index in [9.17, 15) is 58.0 Å². The predicted molar refractivity (Wildman–Crippen MR) is 385 cm³/mol. The molecule has 0 radical (unpaired) electrons. The summed E-state index contributed by atoms with van der Waals surface area (Å²) in [4.78, 5) is 100. The van der Waals surface area contributed by atoms with Crippen LogP contribution in [0.15, 0.2) is 12.2 Å². The Bertz CT molecular complexity index is 2220. The van der Waals surface area contributed by atoms with E-state index in [4.69, 9.17) is 42.2 Å². The van der Waals surface area contributed by atoms with E-state index >= 15 is 0 Å². The lowest BCUT2D eigenvalue weighted by Crippen LogP contribution is -2.67. The van der Waals surface area contributed by atoms with E-state index in [1.54, 1.807) is 0 Å². The van der Waals surface area contributed by atoms with Gasteiger partial charge in [0.2, 0.25) is 11.8 Å². The summed E-state index contributed by atoms with van der Waals surface area (Å²) in [6, 6.07) is -3.06. The van der Waals surface area contributed by atoms with Crippen LogP contribution in [0, 0.1) is 0 Å². The summed E-state index contributed by atoms with van der Waals surface area (Å²) >= 11 is 0. The number of phosphoric ester groups is 1. The molecule has 0 bridgehead atoms. The van der Waals surface area contributed by atoms with E-state index in [2.05, 4.69) is 57.4 Å². The normalized spacial score (nSPS) is 22.5. The quantitative estimate of drug-likeness (QED) is 0.00978. The first kappa shape index (κ1) is 92.5. The standard InChI is InChI=1S/C74H138N2O21P2/c1-8-13-18-23-26-29-32-37-41-46-59(78)54-64(80)75-67-71(90-52-50-58(77)45-40-35-21-16-11-4)69(83)62(94-74(67)97-98(7,84)85)57-92-73-68(76-65(81)55-60(79)47-42-38-33-30-27-24-19-14-9-2)72(70(96-99(86,87)88)63(95-73)56-89-6)91-53-51-61(48-43-36-22-17-12-5)93-66(82)49-44-39-34-31-28-25-20-15-10-3/h31,34,58,61-63,67-74,77,83H,8-30,32-33,35-57H2,1-7H3,(H,75,80)(H,76,81)(H,84,85)(H2,86,87,88)/b34-31-/t58-,61-,62?,63?,67?,68?,69?,70?,71?,72?,73?,74?/m1/s1. The fourth-order valence-electron chi connectivity index (χ4n) is 12.7. The Morgan fingerprint density at radius 1 is 0.475 bits per heavy atom. The number of methoxy groups -OCH3 is 1. The Morgan fingerprint density at radius 3 is 1.40 bits per heavy atom. The van der Waals surface area contributed by atoms with Crippen LogP contribution in [-0.4, -0.2) is 168 Å². The molecule has 2 aliphatic heterocycles. The van der Waals surface area contributed by atoms with Crippen LogP contribution in [0.1, 0.15) is 317 Å². The summed E-state index contributed by atoms with van der Waals surface area (Å²) < 4.78 is 81.1. The molecule has 11 unspecified atom stereocenters. The van der Waals surface area contributed by atoms with Crippen molar-refractivity contribution in [1.29, 1.82) is 0 Å². The minimum Gasteiger partial charge on any atom is -0.462 e. The van der Waals surface area contributed by atoms with Crippen LogP contribution in [0.3, 0.4) is 0 Å². The van der Waals surface area contributed by atoms with Gasteiger partial charge in [0.1, 0.15) is 66.4 Å². The number of nitrogens with one attached hydrogen (secondary N) is 2. The molecule has 0 aromatic rings. The summed E-state index contributed by atoms with van der Waals surface area (Å²) in [5, 5.41) is 29.0. The molecule has 13 atom stereocenters. The Kier molecular flexibility index (Phi) is 53.9. The van der Waals surface area contributed by atoms with Crippen molar-refractivity contribution < 1.29 is 100 Å². The first-order valence-electron chi connectivity index (χ1n) is 38.8. The van der Waals surface area contributed by atoms with Gasteiger partial charge in [-0.2, -0.15) is 0 Å². The maximum Gasteiger partial charge on any atom is 0.470 e. The number of rotatable bonds is 65. The lowest BCUT2D eigenvalue weighted by atomic mass is 9.95. The molecule has 0 aromatic carbocycles. The number of aliphatic hydroxyl groups is 2. The number of Topliss-reactive ketones (excluding diaryl/α,β-unsaturated/α-hetero) is 2. The number of hydrogen-bond donors (Lipinski definition) is 7. The largest absolute Gasteiger partial charge is 0.470 e. The molecule has 580 valence electrons. The number of ketones is 2. The van der Waals surface area contributed by atoms with E-state index in [-0.39, 0.29) is 69.5 Å². The molecule has 23 nitrogen and oxygen atoms in total. The van der Waals surface area contributed by atoms with Crippen LogP contribution < -0.4 is 10.6 Å². The van der Waals surface area contributed by atoms with Gasteiger partial charge in [0.05, 0.1) is 38.8 Å². The second-order valence-corrected chi connectivity index (χ2v) is 30.7. The molecule has 7 N–H and O–H groups in total. The van der Waals surface area contributed by atoms with Crippen molar-refractivity contribution in [2.45, 2.75) is 391 Å². The smallest absolute Gasteiger partial charge is 0.462 e. The van der Waals surface area contributed by atoms with Crippen molar-refractivity contribution in [3.8, 4) is 0 Å². The highest BCUT2D eigenvalue weighted by atomic mass is 31.2. The number of amides is 2. The monoisotopic (exact) mass is 1450 g/mol. The van der Waals surface area contributed by atoms with Gasteiger partial charge in [-0.15, -0.1) is 0 Å². The van der Waals surface area contributed by atoms with Gasteiger partial charge in [0.25, 0.3) is 0 Å². The third-order valence-electron chi connectivity index (χ3n) is 18.3. The number of allylic oxidation sites excluding steroid dienone is 2. The molecule has 2 heterocycles. The van der Waals surface area contributed by atoms with Gasteiger partial charge in [-0.25, -0.2) is 4.57 Å². The number of hydrogen-bond acceptors (Lipinski definition) is 18. The first-order valence-corrected chi connectivity index (χ1v) is 42.3. The number of phosphoric acid groups is 1. The van der Waals surface area contributed by atoms with E-state index in [1.807, 2.05) is 0 Å². The number of unbranched alkanes of at least 4 members (excludes halogenated alkanes) is 29. The van der Waals surface area contributed by atoms with E-state index in [1.165, 1.54) is 58.5 Å². The Morgan fingerprint density at radius 2 is 0.909 bits per heavy atom. The van der Waals surface area contributed by atoms with Gasteiger partial charge in [-0.1, -0.05) is 227 Å². The minimum atomic E-state index is -5.41. The number of aliphatic hydroxyl groups excluding tert-OH is 2. The third kappa shape index (κ3) is 46.1. The molecule has 2 amide bonds. The maximum absolute atomic E-state index is 14.3. The maximum atomic E-state index is 14.3. The van der Waals surface area contributed by atoms with E-state index in [0.29, 0.717) is 38.5 Å². The molecule has 0 aromatic heterocycles. The van der Waals surface area contributed by atoms with Gasteiger partial charge in [-0.3, -0.25) is 37.6 Å². The van der Waals surface area contributed by atoms with Crippen molar-refractivity contribution in [3.05, 3.63) is 12.2 Å². The highest BCUT2D eigenvalue weighted by Crippen LogP contribution is 2.44. The molecule has 0 saturated carbocycles. The van der Waals surface area contributed by atoms with E-state index in [0.717, 1.165) is 154 Å². The Labute approximate surface area is 596 Å².